The maximum atomic E-state index is 6.01. The van der Waals surface area contributed by atoms with Crippen molar-refractivity contribution < 1.29 is 9.47 Å². The van der Waals surface area contributed by atoms with E-state index in [1.165, 1.54) is 5.39 Å². The zero-order chi connectivity index (χ0) is 14.0. The highest BCUT2D eigenvalue weighted by atomic mass is 16.5. The molecule has 1 saturated heterocycles. The predicted octanol–water partition coefficient (Wildman–Crippen LogP) is 2.99. The fourth-order valence-corrected chi connectivity index (χ4v) is 2.69. The Morgan fingerprint density at radius 3 is 2.85 bits per heavy atom. The van der Waals surface area contributed by atoms with E-state index in [2.05, 4.69) is 37.4 Å². The third-order valence-corrected chi connectivity index (χ3v) is 3.57. The van der Waals surface area contributed by atoms with E-state index >= 15 is 0 Å². The van der Waals surface area contributed by atoms with E-state index in [0.717, 1.165) is 17.7 Å². The van der Waals surface area contributed by atoms with Crippen molar-refractivity contribution in [3.8, 4) is 5.75 Å². The Labute approximate surface area is 119 Å². The Morgan fingerprint density at radius 2 is 2.00 bits per heavy atom. The lowest BCUT2D eigenvalue weighted by Crippen LogP contribution is -2.57. The van der Waals surface area contributed by atoms with Crippen LogP contribution < -0.4 is 10.1 Å². The number of fused-ring (bicyclic) bond motifs is 1. The second-order valence-corrected chi connectivity index (χ2v) is 6.03. The van der Waals surface area contributed by atoms with Gasteiger partial charge < -0.3 is 14.8 Å². The molecule has 0 amide bonds. The molecule has 3 heteroatoms. The third-order valence-electron chi connectivity index (χ3n) is 3.57. The van der Waals surface area contributed by atoms with Gasteiger partial charge in [0.1, 0.15) is 12.4 Å². The summed E-state index contributed by atoms with van der Waals surface area (Å²) in [5.41, 5.74) is 0.0189. The van der Waals surface area contributed by atoms with Crippen LogP contribution in [0.1, 0.15) is 13.8 Å². The van der Waals surface area contributed by atoms with Crippen molar-refractivity contribution in [1.82, 2.24) is 5.32 Å². The first-order chi connectivity index (χ1) is 9.64. The highest BCUT2D eigenvalue weighted by Gasteiger charge is 2.27. The maximum Gasteiger partial charge on any atom is 0.127 e. The van der Waals surface area contributed by atoms with Crippen LogP contribution in [0, 0.1) is 0 Å². The summed E-state index contributed by atoms with van der Waals surface area (Å²) in [6, 6.07) is 14.7. The van der Waals surface area contributed by atoms with Gasteiger partial charge in [-0.2, -0.15) is 0 Å². The number of hydrogen-bond donors (Lipinski definition) is 1. The summed E-state index contributed by atoms with van der Waals surface area (Å²) in [7, 11) is 0. The van der Waals surface area contributed by atoms with Gasteiger partial charge in [-0.05, 0) is 25.3 Å². The van der Waals surface area contributed by atoms with E-state index in [9.17, 15) is 0 Å². The quantitative estimate of drug-likeness (QED) is 0.931. The van der Waals surface area contributed by atoms with Crippen LogP contribution in [0.4, 0.5) is 0 Å². The summed E-state index contributed by atoms with van der Waals surface area (Å²) < 4.78 is 11.6. The molecular formula is C17H21NO2. The number of rotatable bonds is 3. The van der Waals surface area contributed by atoms with Crippen molar-refractivity contribution >= 4 is 10.8 Å². The summed E-state index contributed by atoms with van der Waals surface area (Å²) in [6.45, 7) is 6.37. The van der Waals surface area contributed by atoms with Crippen LogP contribution in [0.2, 0.25) is 0 Å². The summed E-state index contributed by atoms with van der Waals surface area (Å²) in [6.07, 6.45) is 0. The first-order valence-corrected chi connectivity index (χ1v) is 7.10. The van der Waals surface area contributed by atoms with Gasteiger partial charge in [0.05, 0.1) is 19.3 Å². The average molecular weight is 271 g/mol. The molecule has 0 spiro atoms. The number of nitrogens with one attached hydrogen (secondary N) is 1. The van der Waals surface area contributed by atoms with Gasteiger partial charge in [0.25, 0.3) is 0 Å². The molecule has 0 aromatic heterocycles. The van der Waals surface area contributed by atoms with E-state index < -0.39 is 0 Å². The normalized spacial score (nSPS) is 21.8. The minimum atomic E-state index is 0.0189. The van der Waals surface area contributed by atoms with Gasteiger partial charge in [-0.25, -0.2) is 0 Å². The first kappa shape index (κ1) is 13.4. The van der Waals surface area contributed by atoms with Gasteiger partial charge in [0.15, 0.2) is 0 Å². The van der Waals surface area contributed by atoms with Crippen molar-refractivity contribution in [2.75, 3.05) is 19.8 Å². The molecule has 0 bridgehead atoms. The first-order valence-electron chi connectivity index (χ1n) is 7.10. The van der Waals surface area contributed by atoms with E-state index in [1.807, 2.05) is 24.3 Å². The third kappa shape index (κ3) is 2.94. The van der Waals surface area contributed by atoms with E-state index in [0.29, 0.717) is 13.2 Å². The zero-order valence-corrected chi connectivity index (χ0v) is 12.1. The summed E-state index contributed by atoms with van der Waals surface area (Å²) in [5.74, 6) is 0.938. The zero-order valence-electron chi connectivity index (χ0n) is 12.1. The molecule has 2 aromatic rings. The van der Waals surface area contributed by atoms with Crippen molar-refractivity contribution in [2.24, 2.45) is 0 Å². The number of ether oxygens (including phenoxy) is 2. The fourth-order valence-electron chi connectivity index (χ4n) is 2.69. The van der Waals surface area contributed by atoms with Crippen molar-refractivity contribution in [2.45, 2.75) is 25.4 Å². The second-order valence-electron chi connectivity index (χ2n) is 6.03. The van der Waals surface area contributed by atoms with Crippen LogP contribution in [0.5, 0.6) is 5.75 Å². The molecule has 1 fully saturated rings. The van der Waals surface area contributed by atoms with Crippen LogP contribution in [-0.2, 0) is 4.74 Å². The summed E-state index contributed by atoms with van der Waals surface area (Å²) in [4.78, 5) is 0. The van der Waals surface area contributed by atoms with Gasteiger partial charge in [-0.15, -0.1) is 0 Å². The average Bonchev–Trinajstić information content (AvgIpc) is 2.44. The van der Waals surface area contributed by atoms with Gasteiger partial charge >= 0.3 is 0 Å². The van der Waals surface area contributed by atoms with Gasteiger partial charge in [0, 0.05) is 10.9 Å². The Kier molecular flexibility index (Phi) is 3.64. The van der Waals surface area contributed by atoms with E-state index in [1.54, 1.807) is 0 Å². The van der Waals surface area contributed by atoms with Crippen LogP contribution in [0.25, 0.3) is 10.8 Å². The number of hydrogen-bond acceptors (Lipinski definition) is 3. The molecule has 1 heterocycles. The van der Waals surface area contributed by atoms with Crippen molar-refractivity contribution in [3.63, 3.8) is 0 Å². The largest absolute Gasteiger partial charge is 0.491 e. The smallest absolute Gasteiger partial charge is 0.127 e. The molecule has 0 radical (unpaired) electrons. The fraction of sp³-hybridized carbons (Fsp3) is 0.412. The Balaban J connectivity index is 1.71. The number of benzene rings is 2. The molecule has 3 nitrogen and oxygen atoms in total. The lowest BCUT2D eigenvalue weighted by atomic mass is 10.0. The topological polar surface area (TPSA) is 30.5 Å². The van der Waals surface area contributed by atoms with Crippen molar-refractivity contribution in [3.05, 3.63) is 42.5 Å². The van der Waals surface area contributed by atoms with Crippen LogP contribution in [0.3, 0.4) is 0 Å². The molecule has 3 rings (SSSR count). The molecule has 1 unspecified atom stereocenters. The molecule has 2 aromatic carbocycles. The Hall–Kier alpha value is -1.58. The van der Waals surface area contributed by atoms with E-state index in [-0.39, 0.29) is 11.6 Å². The SMILES string of the molecule is CC1(C)COCC(COc2cccc3ccccc23)N1. The van der Waals surface area contributed by atoms with Gasteiger partial charge in [-0.3, -0.25) is 0 Å². The molecule has 106 valence electrons. The molecule has 1 N–H and O–H groups in total. The molecule has 1 atom stereocenters. The lowest BCUT2D eigenvalue weighted by molar-refractivity contribution is 0.00110. The van der Waals surface area contributed by atoms with Crippen molar-refractivity contribution in [1.29, 1.82) is 0 Å². The summed E-state index contributed by atoms with van der Waals surface area (Å²) >= 11 is 0. The minimum absolute atomic E-state index is 0.0189. The second kappa shape index (κ2) is 5.43. The van der Waals surface area contributed by atoms with Crippen LogP contribution >= 0.6 is 0 Å². The molecule has 1 aliphatic rings. The Bertz CT molecular complexity index is 589. The maximum absolute atomic E-state index is 6.01. The predicted molar refractivity (Wildman–Crippen MR) is 81.3 cm³/mol. The lowest BCUT2D eigenvalue weighted by Gasteiger charge is -2.36. The molecule has 20 heavy (non-hydrogen) atoms. The molecular weight excluding hydrogens is 250 g/mol. The molecule has 0 aliphatic carbocycles. The highest BCUT2D eigenvalue weighted by Crippen LogP contribution is 2.25. The molecule has 0 saturated carbocycles. The highest BCUT2D eigenvalue weighted by molar-refractivity contribution is 5.88. The summed E-state index contributed by atoms with van der Waals surface area (Å²) in [5, 5.41) is 5.93. The number of morpholine rings is 1. The van der Waals surface area contributed by atoms with Gasteiger partial charge in [0.2, 0.25) is 0 Å². The standard InChI is InChI=1S/C17H21NO2/c1-17(2)12-19-10-14(18-17)11-20-16-9-5-7-13-6-3-4-8-15(13)16/h3-9,14,18H,10-12H2,1-2H3. The van der Waals surface area contributed by atoms with Crippen LogP contribution in [0.15, 0.2) is 42.5 Å². The Morgan fingerprint density at radius 1 is 1.20 bits per heavy atom. The van der Waals surface area contributed by atoms with Crippen LogP contribution in [-0.4, -0.2) is 31.4 Å². The molecule has 1 aliphatic heterocycles. The monoisotopic (exact) mass is 271 g/mol. The van der Waals surface area contributed by atoms with E-state index in [4.69, 9.17) is 9.47 Å². The van der Waals surface area contributed by atoms with Gasteiger partial charge in [-0.1, -0.05) is 36.4 Å². The minimum Gasteiger partial charge on any atom is -0.491 e.